The van der Waals surface area contributed by atoms with Gasteiger partial charge in [-0.3, -0.25) is 14.6 Å². The first kappa shape index (κ1) is 20.7. The lowest BCUT2D eigenvalue weighted by atomic mass is 10.2. The molecule has 0 unspecified atom stereocenters. The zero-order valence-corrected chi connectivity index (χ0v) is 16.7. The highest BCUT2D eigenvalue weighted by Gasteiger charge is 2.13. The zero-order valence-electron chi connectivity index (χ0n) is 16.7. The third kappa shape index (κ3) is 5.51. The maximum Gasteiger partial charge on any atom is 0.267 e. The van der Waals surface area contributed by atoms with Gasteiger partial charge in [-0.2, -0.15) is 0 Å². The van der Waals surface area contributed by atoms with Gasteiger partial charge in [-0.05, 0) is 45.0 Å². The summed E-state index contributed by atoms with van der Waals surface area (Å²) in [6.07, 6.45) is 4.31. The van der Waals surface area contributed by atoms with Gasteiger partial charge in [0.05, 0.1) is 30.4 Å². The number of aromatic nitrogens is 3. The van der Waals surface area contributed by atoms with E-state index in [-0.39, 0.29) is 11.8 Å². The first-order valence-corrected chi connectivity index (χ1v) is 9.15. The number of carbonyl (C=O) groups excluding carboxylic acids is 2. The van der Waals surface area contributed by atoms with E-state index in [1.165, 1.54) is 18.5 Å². The van der Waals surface area contributed by atoms with E-state index >= 15 is 0 Å². The molecule has 3 rings (SSSR count). The summed E-state index contributed by atoms with van der Waals surface area (Å²) in [6.45, 7) is 5.56. The van der Waals surface area contributed by atoms with Crippen LogP contribution in [0.5, 0.6) is 17.2 Å². The second kappa shape index (κ2) is 8.99. The van der Waals surface area contributed by atoms with Crippen LogP contribution in [0, 0.1) is 6.92 Å². The third-order valence-electron chi connectivity index (χ3n) is 3.76. The highest BCUT2D eigenvalue weighted by Crippen LogP contribution is 2.28. The molecule has 3 aromatic rings. The Kier molecular flexibility index (Phi) is 6.21. The first-order valence-electron chi connectivity index (χ1n) is 9.15. The van der Waals surface area contributed by atoms with Crippen molar-refractivity contribution in [2.75, 3.05) is 5.32 Å². The van der Waals surface area contributed by atoms with Crippen molar-refractivity contribution in [2.24, 2.45) is 5.73 Å². The van der Waals surface area contributed by atoms with Crippen LogP contribution >= 0.6 is 0 Å². The van der Waals surface area contributed by atoms with Gasteiger partial charge in [0, 0.05) is 11.6 Å². The minimum Gasteiger partial charge on any atom is -0.491 e. The number of nitrogens with one attached hydrogen (secondary N) is 1. The second-order valence-corrected chi connectivity index (χ2v) is 6.70. The van der Waals surface area contributed by atoms with Gasteiger partial charge in [0.2, 0.25) is 0 Å². The van der Waals surface area contributed by atoms with Gasteiger partial charge in [-0.25, -0.2) is 9.97 Å². The van der Waals surface area contributed by atoms with E-state index in [4.69, 9.17) is 15.2 Å². The average Bonchev–Trinajstić information content (AvgIpc) is 2.69. The number of rotatable bonds is 7. The van der Waals surface area contributed by atoms with E-state index < -0.39 is 11.8 Å². The van der Waals surface area contributed by atoms with Crippen molar-refractivity contribution in [3.63, 3.8) is 0 Å². The monoisotopic (exact) mass is 407 g/mol. The van der Waals surface area contributed by atoms with Crippen LogP contribution in [0.1, 0.15) is 40.4 Å². The van der Waals surface area contributed by atoms with Crippen molar-refractivity contribution in [1.29, 1.82) is 0 Å². The molecule has 0 radical (unpaired) electrons. The van der Waals surface area contributed by atoms with E-state index in [0.717, 1.165) is 5.69 Å². The van der Waals surface area contributed by atoms with Gasteiger partial charge in [0.15, 0.2) is 5.82 Å². The molecule has 0 spiro atoms. The molecule has 3 N–H and O–H groups in total. The molecule has 9 nitrogen and oxygen atoms in total. The number of nitrogens with two attached hydrogens (primary N) is 1. The normalized spacial score (nSPS) is 10.5. The Bertz CT molecular complexity index is 1050. The second-order valence-electron chi connectivity index (χ2n) is 6.70. The fraction of sp³-hybridized carbons (Fsp3) is 0.190. The molecule has 0 aliphatic carbocycles. The van der Waals surface area contributed by atoms with Crippen molar-refractivity contribution in [2.45, 2.75) is 26.9 Å². The Hall–Kier alpha value is -4.01. The SMILES string of the molecule is Cc1cnc(NC(=O)c2cc(Oc3ccc(C(N)=O)nc3)cc(OC(C)C)c2)cn1. The van der Waals surface area contributed by atoms with Crippen LogP contribution in [0.3, 0.4) is 0 Å². The lowest BCUT2D eigenvalue weighted by molar-refractivity contribution is 0.0993. The highest BCUT2D eigenvalue weighted by atomic mass is 16.5. The number of hydrogen-bond acceptors (Lipinski definition) is 7. The van der Waals surface area contributed by atoms with Crippen molar-refractivity contribution in [3.8, 4) is 17.2 Å². The van der Waals surface area contributed by atoms with Crippen LogP contribution in [0.15, 0.2) is 48.9 Å². The van der Waals surface area contributed by atoms with Gasteiger partial charge in [0.25, 0.3) is 11.8 Å². The summed E-state index contributed by atoms with van der Waals surface area (Å²) >= 11 is 0. The average molecular weight is 407 g/mol. The summed E-state index contributed by atoms with van der Waals surface area (Å²) in [5, 5.41) is 2.69. The maximum absolute atomic E-state index is 12.7. The number of ether oxygens (including phenoxy) is 2. The number of amides is 2. The molecule has 2 aromatic heterocycles. The van der Waals surface area contributed by atoms with Crippen LogP contribution in [-0.2, 0) is 0 Å². The number of hydrogen-bond donors (Lipinski definition) is 2. The molecule has 154 valence electrons. The smallest absolute Gasteiger partial charge is 0.267 e. The topological polar surface area (TPSA) is 129 Å². The van der Waals surface area contributed by atoms with Crippen LogP contribution in [0.4, 0.5) is 5.82 Å². The van der Waals surface area contributed by atoms with Crippen molar-refractivity contribution in [1.82, 2.24) is 15.0 Å². The Balaban J connectivity index is 1.86. The largest absolute Gasteiger partial charge is 0.491 e. The van der Waals surface area contributed by atoms with Gasteiger partial charge in [-0.15, -0.1) is 0 Å². The van der Waals surface area contributed by atoms with Crippen LogP contribution in [0.25, 0.3) is 0 Å². The van der Waals surface area contributed by atoms with E-state index in [2.05, 4.69) is 20.3 Å². The van der Waals surface area contributed by atoms with Crippen LogP contribution < -0.4 is 20.5 Å². The summed E-state index contributed by atoms with van der Waals surface area (Å²) in [4.78, 5) is 36.0. The van der Waals surface area contributed by atoms with Gasteiger partial charge < -0.3 is 20.5 Å². The molecular weight excluding hydrogens is 386 g/mol. The molecule has 1 aromatic carbocycles. The Morgan fingerprint density at radius 3 is 2.33 bits per heavy atom. The number of carbonyl (C=O) groups is 2. The van der Waals surface area contributed by atoms with Gasteiger partial charge in [0.1, 0.15) is 22.9 Å². The molecule has 9 heteroatoms. The number of anilines is 1. The quantitative estimate of drug-likeness (QED) is 0.615. The minimum atomic E-state index is -0.632. The molecule has 0 fully saturated rings. The molecule has 2 heterocycles. The zero-order chi connectivity index (χ0) is 21.7. The number of pyridine rings is 1. The van der Waals surface area contributed by atoms with Crippen molar-refractivity contribution in [3.05, 3.63) is 65.9 Å². The van der Waals surface area contributed by atoms with Crippen molar-refractivity contribution >= 4 is 17.6 Å². The number of benzene rings is 1. The molecule has 0 aliphatic rings. The fourth-order valence-electron chi connectivity index (χ4n) is 2.47. The number of aryl methyl sites for hydroxylation is 1. The maximum atomic E-state index is 12.7. The summed E-state index contributed by atoms with van der Waals surface area (Å²) < 4.78 is 11.5. The summed E-state index contributed by atoms with van der Waals surface area (Å²) in [5.41, 5.74) is 6.37. The summed E-state index contributed by atoms with van der Waals surface area (Å²) in [7, 11) is 0. The molecule has 0 saturated carbocycles. The molecule has 0 bridgehead atoms. The predicted octanol–water partition coefficient (Wildman–Crippen LogP) is 3.11. The first-order chi connectivity index (χ1) is 14.3. The summed E-state index contributed by atoms with van der Waals surface area (Å²) in [5.74, 6) is 0.500. The predicted molar refractivity (Wildman–Crippen MR) is 110 cm³/mol. The lowest BCUT2D eigenvalue weighted by Gasteiger charge is -2.14. The number of primary amides is 1. The van der Waals surface area contributed by atoms with E-state index in [1.807, 2.05) is 13.8 Å². The van der Waals surface area contributed by atoms with Crippen LogP contribution in [-0.4, -0.2) is 32.9 Å². The molecule has 0 saturated heterocycles. The third-order valence-corrected chi connectivity index (χ3v) is 3.76. The highest BCUT2D eigenvalue weighted by molar-refractivity contribution is 6.04. The minimum absolute atomic E-state index is 0.101. The van der Waals surface area contributed by atoms with Crippen LogP contribution in [0.2, 0.25) is 0 Å². The molecule has 30 heavy (non-hydrogen) atoms. The molecule has 0 aliphatic heterocycles. The standard InChI is InChI=1S/C21H21N5O4/c1-12(2)29-16-6-14(21(28)26-19-11-23-13(3)9-25-19)7-17(8-16)30-15-4-5-18(20(22)27)24-10-15/h4-12H,1-3H3,(H2,22,27)(H,25,26,28). The molecule has 0 atom stereocenters. The lowest BCUT2D eigenvalue weighted by Crippen LogP contribution is -2.14. The van der Waals surface area contributed by atoms with Crippen molar-refractivity contribution < 1.29 is 19.1 Å². The van der Waals surface area contributed by atoms with Gasteiger partial charge >= 0.3 is 0 Å². The fourth-order valence-corrected chi connectivity index (χ4v) is 2.47. The Morgan fingerprint density at radius 2 is 1.73 bits per heavy atom. The Morgan fingerprint density at radius 1 is 0.967 bits per heavy atom. The van der Waals surface area contributed by atoms with Gasteiger partial charge in [-0.1, -0.05) is 0 Å². The summed E-state index contributed by atoms with van der Waals surface area (Å²) in [6, 6.07) is 7.84. The van der Waals surface area contributed by atoms with E-state index in [9.17, 15) is 9.59 Å². The van der Waals surface area contributed by atoms with E-state index in [1.54, 1.807) is 37.4 Å². The molecular formula is C21H21N5O4. The Labute approximate surface area is 173 Å². The molecule has 2 amide bonds. The van der Waals surface area contributed by atoms with E-state index in [0.29, 0.717) is 28.6 Å². The number of nitrogens with zero attached hydrogens (tertiary/aromatic N) is 3.